The average molecular weight is 287 g/mol. The summed E-state index contributed by atoms with van der Waals surface area (Å²) >= 11 is 1.44. The lowest BCUT2D eigenvalue weighted by Crippen LogP contribution is -2.02. The molecule has 2 N–H and O–H groups in total. The molecular weight excluding hydrogens is 274 g/mol. The smallest absolute Gasteiger partial charge is 0.235 e. The largest absolute Gasteiger partial charge is 0.382 e. The summed E-state index contributed by atoms with van der Waals surface area (Å²) in [6, 6.07) is 0. The van der Waals surface area contributed by atoms with E-state index in [9.17, 15) is 0 Å². The molecule has 1 aliphatic carbocycles. The Labute approximate surface area is 118 Å². The fourth-order valence-electron chi connectivity index (χ4n) is 2.68. The van der Waals surface area contributed by atoms with Crippen LogP contribution < -0.4 is 5.73 Å². The molecule has 0 amide bonds. The zero-order chi connectivity index (χ0) is 13.5. The minimum Gasteiger partial charge on any atom is -0.382 e. The number of rotatable bonds is 2. The molecule has 20 heavy (non-hydrogen) atoms. The summed E-state index contributed by atoms with van der Waals surface area (Å²) in [7, 11) is 0. The van der Waals surface area contributed by atoms with Crippen molar-refractivity contribution in [1.82, 2.24) is 29.8 Å². The Morgan fingerprint density at radius 2 is 1.95 bits per heavy atom. The third-order valence-electron chi connectivity index (χ3n) is 3.66. The molecule has 0 spiro atoms. The van der Waals surface area contributed by atoms with E-state index in [-0.39, 0.29) is 0 Å². The summed E-state index contributed by atoms with van der Waals surface area (Å²) in [4.78, 5) is 9.08. The standard InChI is InChI=1S/C12H13N7S/c13-9-8(14-5-6-15-9)11-18-19-10(7-3-1-2-4-7)16-17-12(19)20-11/h5-7H,1-4H2,(H2,13,15). The van der Waals surface area contributed by atoms with Crippen LogP contribution >= 0.6 is 11.3 Å². The fraction of sp³-hybridized carbons (Fsp3) is 0.417. The van der Waals surface area contributed by atoms with Crippen molar-refractivity contribution in [2.75, 3.05) is 5.73 Å². The molecule has 0 aromatic carbocycles. The molecule has 0 bridgehead atoms. The molecule has 4 rings (SSSR count). The van der Waals surface area contributed by atoms with Gasteiger partial charge in [-0.3, -0.25) is 0 Å². The fourth-order valence-corrected chi connectivity index (χ4v) is 3.53. The quantitative estimate of drug-likeness (QED) is 0.773. The molecule has 0 saturated heterocycles. The van der Waals surface area contributed by atoms with E-state index in [0.717, 1.165) is 15.8 Å². The molecule has 0 atom stereocenters. The molecule has 3 aromatic heterocycles. The van der Waals surface area contributed by atoms with Crippen molar-refractivity contribution in [3.05, 3.63) is 18.2 Å². The number of nitrogen functional groups attached to an aromatic ring is 1. The Hall–Kier alpha value is -2.09. The van der Waals surface area contributed by atoms with Gasteiger partial charge in [0.05, 0.1) is 0 Å². The van der Waals surface area contributed by atoms with Gasteiger partial charge in [0.15, 0.2) is 16.6 Å². The second-order valence-electron chi connectivity index (χ2n) is 4.93. The maximum atomic E-state index is 5.85. The molecule has 1 saturated carbocycles. The summed E-state index contributed by atoms with van der Waals surface area (Å²) in [6.07, 6.45) is 8.04. The van der Waals surface area contributed by atoms with Crippen molar-refractivity contribution in [3.63, 3.8) is 0 Å². The van der Waals surface area contributed by atoms with Crippen molar-refractivity contribution in [1.29, 1.82) is 0 Å². The van der Waals surface area contributed by atoms with E-state index >= 15 is 0 Å². The summed E-state index contributed by atoms with van der Waals surface area (Å²) in [5, 5.41) is 13.8. The van der Waals surface area contributed by atoms with Crippen molar-refractivity contribution in [3.8, 4) is 10.7 Å². The van der Waals surface area contributed by atoms with Crippen molar-refractivity contribution >= 4 is 22.1 Å². The van der Waals surface area contributed by atoms with E-state index in [1.165, 1.54) is 37.0 Å². The summed E-state index contributed by atoms with van der Waals surface area (Å²) in [5.74, 6) is 1.82. The van der Waals surface area contributed by atoms with E-state index in [4.69, 9.17) is 5.73 Å². The van der Waals surface area contributed by atoms with Crippen LogP contribution in [0.25, 0.3) is 15.7 Å². The average Bonchev–Trinajstić information content (AvgIpc) is 3.14. The highest BCUT2D eigenvalue weighted by atomic mass is 32.1. The van der Waals surface area contributed by atoms with Crippen LogP contribution in [0.3, 0.4) is 0 Å². The van der Waals surface area contributed by atoms with Crippen molar-refractivity contribution < 1.29 is 0 Å². The maximum Gasteiger partial charge on any atom is 0.235 e. The summed E-state index contributed by atoms with van der Waals surface area (Å²) < 4.78 is 1.84. The molecule has 3 heterocycles. The molecular formula is C12H13N7S. The lowest BCUT2D eigenvalue weighted by Gasteiger charge is -2.03. The van der Waals surface area contributed by atoms with Gasteiger partial charge >= 0.3 is 0 Å². The molecule has 3 aromatic rings. The number of nitrogens with two attached hydrogens (primary N) is 1. The maximum absolute atomic E-state index is 5.85. The van der Waals surface area contributed by atoms with Gasteiger partial charge in [0, 0.05) is 18.3 Å². The zero-order valence-electron chi connectivity index (χ0n) is 10.7. The van der Waals surface area contributed by atoms with Gasteiger partial charge < -0.3 is 5.73 Å². The molecule has 0 radical (unpaired) electrons. The van der Waals surface area contributed by atoms with E-state index in [1.54, 1.807) is 12.4 Å². The van der Waals surface area contributed by atoms with Crippen LogP contribution in [0.2, 0.25) is 0 Å². The first-order chi connectivity index (χ1) is 9.83. The minimum absolute atomic E-state index is 0.389. The third kappa shape index (κ3) is 1.75. The van der Waals surface area contributed by atoms with E-state index in [2.05, 4.69) is 25.3 Å². The highest BCUT2D eigenvalue weighted by Gasteiger charge is 2.24. The number of aromatic nitrogens is 6. The van der Waals surface area contributed by atoms with Crippen LogP contribution in [0.15, 0.2) is 12.4 Å². The number of nitrogens with zero attached hydrogens (tertiary/aromatic N) is 6. The molecule has 0 unspecified atom stereocenters. The van der Waals surface area contributed by atoms with Crippen LogP contribution in [0, 0.1) is 0 Å². The molecule has 1 aliphatic rings. The van der Waals surface area contributed by atoms with Gasteiger partial charge in [-0.05, 0) is 12.8 Å². The van der Waals surface area contributed by atoms with Gasteiger partial charge in [0.25, 0.3) is 0 Å². The highest BCUT2D eigenvalue weighted by molar-refractivity contribution is 7.19. The first-order valence-electron chi connectivity index (χ1n) is 6.62. The van der Waals surface area contributed by atoms with Gasteiger partial charge in [-0.25, -0.2) is 9.97 Å². The first kappa shape index (κ1) is 11.7. The Balaban J connectivity index is 1.81. The predicted octanol–water partition coefficient (Wildman–Crippen LogP) is 1.88. The lowest BCUT2D eigenvalue weighted by molar-refractivity contribution is 0.641. The Kier molecular flexibility index (Phi) is 2.62. The zero-order valence-corrected chi connectivity index (χ0v) is 11.5. The Morgan fingerprint density at radius 3 is 2.75 bits per heavy atom. The lowest BCUT2D eigenvalue weighted by atomic mass is 10.1. The highest BCUT2D eigenvalue weighted by Crippen LogP contribution is 2.34. The normalized spacial score (nSPS) is 16.2. The monoisotopic (exact) mass is 287 g/mol. The van der Waals surface area contributed by atoms with Crippen LogP contribution in [-0.2, 0) is 0 Å². The van der Waals surface area contributed by atoms with Gasteiger partial charge in [0.2, 0.25) is 4.96 Å². The van der Waals surface area contributed by atoms with Crippen LogP contribution in [0.1, 0.15) is 37.4 Å². The van der Waals surface area contributed by atoms with E-state index in [1.807, 2.05) is 4.52 Å². The summed E-state index contributed by atoms with van der Waals surface area (Å²) in [5.41, 5.74) is 6.46. The Morgan fingerprint density at radius 1 is 1.15 bits per heavy atom. The third-order valence-corrected chi connectivity index (χ3v) is 4.57. The van der Waals surface area contributed by atoms with Crippen LogP contribution in [-0.4, -0.2) is 29.8 Å². The molecule has 8 heteroatoms. The molecule has 7 nitrogen and oxygen atoms in total. The van der Waals surface area contributed by atoms with Gasteiger partial charge in [-0.15, -0.1) is 10.2 Å². The second-order valence-corrected chi connectivity index (χ2v) is 5.89. The van der Waals surface area contributed by atoms with Gasteiger partial charge in [-0.1, -0.05) is 24.2 Å². The summed E-state index contributed by atoms with van der Waals surface area (Å²) in [6.45, 7) is 0. The number of fused-ring (bicyclic) bond motifs is 1. The number of hydrogen-bond donors (Lipinski definition) is 1. The van der Waals surface area contributed by atoms with Gasteiger partial charge in [-0.2, -0.15) is 9.61 Å². The molecule has 0 aliphatic heterocycles. The van der Waals surface area contributed by atoms with Gasteiger partial charge in [0.1, 0.15) is 5.69 Å². The second kappa shape index (κ2) is 4.48. The SMILES string of the molecule is Nc1nccnc1-c1nn2c(C3CCCC3)nnc2s1. The van der Waals surface area contributed by atoms with Crippen LogP contribution in [0.5, 0.6) is 0 Å². The van der Waals surface area contributed by atoms with Crippen LogP contribution in [0.4, 0.5) is 5.82 Å². The minimum atomic E-state index is 0.389. The Bertz CT molecular complexity index is 756. The number of anilines is 1. The predicted molar refractivity (Wildman–Crippen MR) is 75.3 cm³/mol. The molecule has 102 valence electrons. The van der Waals surface area contributed by atoms with Crippen molar-refractivity contribution in [2.24, 2.45) is 0 Å². The van der Waals surface area contributed by atoms with E-state index < -0.39 is 0 Å². The van der Waals surface area contributed by atoms with Crippen molar-refractivity contribution in [2.45, 2.75) is 31.6 Å². The topological polar surface area (TPSA) is 94.9 Å². The van der Waals surface area contributed by atoms with E-state index in [0.29, 0.717) is 17.4 Å². The molecule has 1 fully saturated rings. The first-order valence-corrected chi connectivity index (χ1v) is 7.43. The number of hydrogen-bond acceptors (Lipinski definition) is 7.